The maximum atomic E-state index is 12.8. The summed E-state index contributed by atoms with van der Waals surface area (Å²) in [5.74, 6) is -0.770. The molecule has 5 nitrogen and oxygen atoms in total. The van der Waals surface area contributed by atoms with Crippen LogP contribution in [0.4, 0.5) is 13.2 Å². The van der Waals surface area contributed by atoms with Crippen molar-refractivity contribution in [1.82, 2.24) is 16.2 Å². The summed E-state index contributed by atoms with van der Waals surface area (Å²) in [5, 5.41) is 2.95. The summed E-state index contributed by atoms with van der Waals surface area (Å²) < 4.78 is 43.8. The number of rotatable bonds is 4. The summed E-state index contributed by atoms with van der Waals surface area (Å²) in [6.07, 6.45) is -2.95. The second-order valence-corrected chi connectivity index (χ2v) is 5.75. The molecule has 0 aliphatic heterocycles. The molecule has 138 valence electrons. The van der Waals surface area contributed by atoms with Crippen LogP contribution in [0.25, 0.3) is 11.3 Å². The summed E-state index contributed by atoms with van der Waals surface area (Å²) in [6.45, 7) is 3.91. The maximum Gasteiger partial charge on any atom is 0.416 e. The normalized spacial score (nSPS) is 10.9. The Bertz CT molecular complexity index is 836. The molecule has 1 heterocycles. The minimum absolute atomic E-state index is 0.0247. The van der Waals surface area contributed by atoms with Gasteiger partial charge >= 0.3 is 12.1 Å². The van der Waals surface area contributed by atoms with Gasteiger partial charge in [0.2, 0.25) is 0 Å². The molecule has 26 heavy (non-hydrogen) atoms. The van der Waals surface area contributed by atoms with E-state index in [0.29, 0.717) is 6.54 Å². The average molecular weight is 404 g/mol. The third-order valence-corrected chi connectivity index (χ3v) is 3.66. The Morgan fingerprint density at radius 3 is 2.65 bits per heavy atom. The first-order valence-electron chi connectivity index (χ1n) is 7.14. The van der Waals surface area contributed by atoms with Gasteiger partial charge in [-0.15, -0.1) is 6.58 Å². The van der Waals surface area contributed by atoms with Gasteiger partial charge in [0.25, 0.3) is 0 Å². The number of nitrogens with one attached hydrogen (secondary N) is 3. The number of hydrogen-bond donors (Lipinski definition) is 3. The van der Waals surface area contributed by atoms with E-state index in [0.717, 1.165) is 18.2 Å². The molecule has 2 rings (SSSR count). The van der Waals surface area contributed by atoms with Gasteiger partial charge in [0.05, 0.1) is 10.6 Å². The minimum Gasteiger partial charge on any atom is -0.451 e. The summed E-state index contributed by atoms with van der Waals surface area (Å²) in [7, 11) is 0. The van der Waals surface area contributed by atoms with Crippen LogP contribution in [-0.4, -0.2) is 17.6 Å². The molecular weight excluding hydrogens is 391 g/mol. The topological polar surface area (TPSA) is 66.3 Å². The molecule has 0 radical (unpaired) electrons. The van der Waals surface area contributed by atoms with Crippen molar-refractivity contribution in [2.24, 2.45) is 0 Å². The van der Waals surface area contributed by atoms with Crippen LogP contribution in [0.2, 0.25) is 5.02 Å². The number of hydrazine groups is 1. The summed E-state index contributed by atoms with van der Waals surface area (Å²) in [4.78, 5) is 12.0. The molecule has 0 aliphatic carbocycles. The van der Waals surface area contributed by atoms with E-state index in [4.69, 9.17) is 28.2 Å². The van der Waals surface area contributed by atoms with Gasteiger partial charge in [-0.3, -0.25) is 15.6 Å². The van der Waals surface area contributed by atoms with E-state index in [1.54, 1.807) is 6.08 Å². The lowest BCUT2D eigenvalue weighted by Gasteiger charge is -2.10. The van der Waals surface area contributed by atoms with E-state index in [2.05, 4.69) is 22.7 Å². The third-order valence-electron chi connectivity index (χ3n) is 3.09. The Balaban J connectivity index is 2.13. The fraction of sp³-hybridized carbons (Fsp3) is 0.125. The molecule has 1 aromatic carbocycles. The van der Waals surface area contributed by atoms with Crippen molar-refractivity contribution in [1.29, 1.82) is 0 Å². The fourth-order valence-electron chi connectivity index (χ4n) is 1.88. The van der Waals surface area contributed by atoms with Crippen LogP contribution in [0, 0.1) is 0 Å². The molecule has 0 saturated carbocycles. The van der Waals surface area contributed by atoms with Crippen LogP contribution >= 0.6 is 23.8 Å². The Kier molecular flexibility index (Phi) is 6.27. The van der Waals surface area contributed by atoms with E-state index >= 15 is 0 Å². The van der Waals surface area contributed by atoms with Gasteiger partial charge in [-0.05, 0) is 42.5 Å². The van der Waals surface area contributed by atoms with E-state index in [1.807, 2.05) is 0 Å². The van der Waals surface area contributed by atoms with Crippen LogP contribution in [0.3, 0.4) is 0 Å². The minimum atomic E-state index is -4.52. The third kappa shape index (κ3) is 4.99. The zero-order valence-electron chi connectivity index (χ0n) is 13.1. The van der Waals surface area contributed by atoms with Crippen LogP contribution in [0.5, 0.6) is 0 Å². The number of carbonyl (C=O) groups is 1. The first kappa shape index (κ1) is 19.8. The highest BCUT2D eigenvalue weighted by Gasteiger charge is 2.31. The highest BCUT2D eigenvalue weighted by molar-refractivity contribution is 7.80. The largest absolute Gasteiger partial charge is 0.451 e. The van der Waals surface area contributed by atoms with Crippen molar-refractivity contribution in [2.45, 2.75) is 6.18 Å². The van der Waals surface area contributed by atoms with Gasteiger partial charge in [0.1, 0.15) is 5.76 Å². The number of hydrogen-bond acceptors (Lipinski definition) is 3. The first-order valence-corrected chi connectivity index (χ1v) is 7.93. The zero-order valence-corrected chi connectivity index (χ0v) is 14.7. The SMILES string of the molecule is C=CCNC(=S)NNC(=O)c1ccc(-c2cc(C(F)(F)F)ccc2Cl)o1. The number of halogens is 4. The van der Waals surface area contributed by atoms with Crippen LogP contribution in [0.15, 0.2) is 47.4 Å². The van der Waals surface area contributed by atoms with Crippen molar-refractivity contribution in [3.63, 3.8) is 0 Å². The second kappa shape index (κ2) is 8.24. The first-order chi connectivity index (χ1) is 12.2. The molecular formula is C16H13ClF3N3O2S. The van der Waals surface area contributed by atoms with E-state index in [1.165, 1.54) is 12.1 Å². The van der Waals surface area contributed by atoms with Gasteiger partial charge in [0, 0.05) is 12.1 Å². The lowest BCUT2D eigenvalue weighted by molar-refractivity contribution is -0.137. The Morgan fingerprint density at radius 1 is 1.27 bits per heavy atom. The highest BCUT2D eigenvalue weighted by atomic mass is 35.5. The summed E-state index contributed by atoms with van der Waals surface area (Å²) >= 11 is 10.8. The molecule has 0 saturated heterocycles. The van der Waals surface area contributed by atoms with Crippen molar-refractivity contribution in [3.05, 3.63) is 59.3 Å². The molecule has 1 amide bonds. The Hall–Kier alpha value is -2.52. The number of thiocarbonyl (C=S) groups is 1. The number of amides is 1. The van der Waals surface area contributed by atoms with Crippen LogP contribution in [0.1, 0.15) is 16.1 Å². The van der Waals surface area contributed by atoms with E-state index in [9.17, 15) is 18.0 Å². The van der Waals surface area contributed by atoms with Crippen molar-refractivity contribution in [2.75, 3.05) is 6.54 Å². The van der Waals surface area contributed by atoms with Gasteiger partial charge in [-0.1, -0.05) is 17.7 Å². The van der Waals surface area contributed by atoms with Crippen molar-refractivity contribution < 1.29 is 22.4 Å². The Labute approximate surface area is 157 Å². The van der Waals surface area contributed by atoms with Crippen LogP contribution in [-0.2, 0) is 6.18 Å². The van der Waals surface area contributed by atoms with Crippen molar-refractivity contribution >= 4 is 34.8 Å². The summed E-state index contributed by atoms with van der Waals surface area (Å²) in [5.41, 5.74) is 3.88. The molecule has 1 aromatic heterocycles. The molecule has 0 atom stereocenters. The molecule has 0 bridgehead atoms. The number of furan rings is 1. The average Bonchev–Trinajstić information content (AvgIpc) is 3.07. The monoisotopic (exact) mass is 403 g/mol. The maximum absolute atomic E-state index is 12.8. The Morgan fingerprint density at radius 2 is 2.00 bits per heavy atom. The molecule has 10 heteroatoms. The van der Waals surface area contributed by atoms with Gasteiger partial charge < -0.3 is 9.73 Å². The predicted molar refractivity (Wildman–Crippen MR) is 95.6 cm³/mol. The lowest BCUT2D eigenvalue weighted by Crippen LogP contribution is -2.46. The van der Waals surface area contributed by atoms with Gasteiger partial charge in [-0.2, -0.15) is 13.2 Å². The van der Waals surface area contributed by atoms with Gasteiger partial charge in [0.15, 0.2) is 10.9 Å². The molecule has 3 N–H and O–H groups in total. The molecule has 0 fully saturated rings. The highest BCUT2D eigenvalue weighted by Crippen LogP contribution is 2.36. The summed E-state index contributed by atoms with van der Waals surface area (Å²) in [6, 6.07) is 5.50. The quantitative estimate of drug-likeness (QED) is 0.410. The van der Waals surface area contributed by atoms with Gasteiger partial charge in [-0.25, -0.2) is 0 Å². The smallest absolute Gasteiger partial charge is 0.416 e. The second-order valence-electron chi connectivity index (χ2n) is 4.93. The predicted octanol–water partition coefficient (Wildman–Crippen LogP) is 3.91. The van der Waals surface area contributed by atoms with Crippen molar-refractivity contribution in [3.8, 4) is 11.3 Å². The zero-order chi connectivity index (χ0) is 19.3. The molecule has 0 spiro atoms. The number of carbonyl (C=O) groups excluding carboxylic acids is 1. The fourth-order valence-corrected chi connectivity index (χ4v) is 2.22. The number of alkyl halides is 3. The molecule has 0 aliphatic rings. The lowest BCUT2D eigenvalue weighted by atomic mass is 10.1. The van der Waals surface area contributed by atoms with E-state index < -0.39 is 17.6 Å². The molecule has 0 unspecified atom stereocenters. The molecule has 2 aromatic rings. The van der Waals surface area contributed by atoms with E-state index in [-0.39, 0.29) is 27.2 Å². The standard InChI is InChI=1S/C16H13ClF3N3O2S/c1-2-7-21-15(26)23-22-14(24)13-6-5-12(25-13)10-8-9(16(18,19)20)3-4-11(10)17/h2-6,8H,1,7H2,(H,22,24)(H2,21,23,26). The number of benzene rings is 1. The van der Waals surface area contributed by atoms with Crippen LogP contribution < -0.4 is 16.2 Å².